The van der Waals surface area contributed by atoms with Gasteiger partial charge in [-0.1, -0.05) is 44.2 Å². The number of rotatable bonds is 5. The van der Waals surface area contributed by atoms with Crippen molar-refractivity contribution in [2.24, 2.45) is 10.9 Å². The van der Waals surface area contributed by atoms with Gasteiger partial charge in [-0.15, -0.1) is 0 Å². The van der Waals surface area contributed by atoms with Gasteiger partial charge >= 0.3 is 0 Å². The fourth-order valence-corrected chi connectivity index (χ4v) is 1.67. The molecule has 0 saturated carbocycles. The Labute approximate surface area is 111 Å². The van der Waals surface area contributed by atoms with E-state index in [4.69, 9.17) is 0 Å². The van der Waals surface area contributed by atoms with Gasteiger partial charge in [0.25, 0.3) is 0 Å². The first-order valence-electron chi connectivity index (χ1n) is 6.66. The van der Waals surface area contributed by atoms with Crippen molar-refractivity contribution in [1.82, 2.24) is 10.2 Å². The second kappa shape index (κ2) is 7.75. The fourth-order valence-electron chi connectivity index (χ4n) is 1.67. The number of benzene rings is 1. The zero-order chi connectivity index (χ0) is 13.4. The molecule has 3 nitrogen and oxygen atoms in total. The highest BCUT2D eigenvalue weighted by atomic mass is 15.3. The molecule has 0 spiro atoms. The molecule has 0 atom stereocenters. The summed E-state index contributed by atoms with van der Waals surface area (Å²) in [6.45, 7) is 9.11. The summed E-state index contributed by atoms with van der Waals surface area (Å²) >= 11 is 0. The topological polar surface area (TPSA) is 27.6 Å². The highest BCUT2D eigenvalue weighted by molar-refractivity contribution is 5.79. The zero-order valence-corrected chi connectivity index (χ0v) is 12.0. The van der Waals surface area contributed by atoms with Gasteiger partial charge in [-0.2, -0.15) is 0 Å². The van der Waals surface area contributed by atoms with Crippen molar-refractivity contribution in [1.29, 1.82) is 0 Å². The fraction of sp³-hybridized carbons (Fsp3) is 0.533. The molecule has 0 bridgehead atoms. The largest absolute Gasteiger partial charge is 0.357 e. The lowest BCUT2D eigenvalue weighted by Gasteiger charge is -2.22. The molecule has 1 N–H and O–H groups in total. The van der Waals surface area contributed by atoms with Gasteiger partial charge in [0, 0.05) is 26.7 Å². The number of guanidine groups is 1. The van der Waals surface area contributed by atoms with E-state index in [1.807, 2.05) is 6.07 Å². The second-order valence-corrected chi connectivity index (χ2v) is 4.93. The summed E-state index contributed by atoms with van der Waals surface area (Å²) < 4.78 is 0. The van der Waals surface area contributed by atoms with Crippen LogP contribution in [0.5, 0.6) is 0 Å². The molecule has 0 amide bonds. The van der Waals surface area contributed by atoms with E-state index in [0.29, 0.717) is 5.92 Å². The lowest BCUT2D eigenvalue weighted by atomic mass is 10.2. The average Bonchev–Trinajstić information content (AvgIpc) is 2.35. The molecular formula is C15H25N3. The van der Waals surface area contributed by atoms with E-state index >= 15 is 0 Å². The quantitative estimate of drug-likeness (QED) is 0.640. The molecule has 1 aromatic carbocycles. The smallest absolute Gasteiger partial charge is 0.193 e. The summed E-state index contributed by atoms with van der Waals surface area (Å²) in [5, 5.41) is 3.33. The van der Waals surface area contributed by atoms with Crippen molar-refractivity contribution in [2.45, 2.75) is 27.3 Å². The molecule has 0 saturated heterocycles. The molecule has 0 aromatic heterocycles. The van der Waals surface area contributed by atoms with E-state index in [0.717, 1.165) is 25.6 Å². The minimum absolute atomic E-state index is 0.587. The molecular weight excluding hydrogens is 222 g/mol. The first-order chi connectivity index (χ1) is 8.63. The molecule has 100 valence electrons. The SMILES string of the molecule is CCNC(=NCC(C)C)N(C)Cc1ccccc1. The maximum atomic E-state index is 4.64. The molecule has 1 rings (SSSR count). The zero-order valence-electron chi connectivity index (χ0n) is 12.0. The summed E-state index contributed by atoms with van der Waals surface area (Å²) in [6.07, 6.45) is 0. The Morgan fingerprint density at radius 2 is 1.94 bits per heavy atom. The Bertz CT molecular complexity index is 357. The van der Waals surface area contributed by atoms with Crippen LogP contribution in [0.3, 0.4) is 0 Å². The molecule has 0 radical (unpaired) electrons. The molecule has 0 aliphatic rings. The number of hydrogen-bond donors (Lipinski definition) is 1. The summed E-state index contributed by atoms with van der Waals surface area (Å²) in [5.41, 5.74) is 1.30. The minimum atomic E-state index is 0.587. The molecule has 3 heteroatoms. The molecule has 0 aliphatic carbocycles. The van der Waals surface area contributed by atoms with Crippen LogP contribution in [-0.2, 0) is 6.54 Å². The van der Waals surface area contributed by atoms with Crippen LogP contribution in [0.2, 0.25) is 0 Å². The van der Waals surface area contributed by atoms with Gasteiger partial charge in [0.05, 0.1) is 0 Å². The van der Waals surface area contributed by atoms with Gasteiger partial charge < -0.3 is 10.2 Å². The number of aliphatic imine (C=N–C) groups is 1. The van der Waals surface area contributed by atoms with Crippen LogP contribution in [0.1, 0.15) is 26.3 Å². The summed E-state index contributed by atoms with van der Waals surface area (Å²) in [7, 11) is 2.08. The first-order valence-corrected chi connectivity index (χ1v) is 6.66. The Morgan fingerprint density at radius 3 is 2.50 bits per heavy atom. The predicted molar refractivity (Wildman–Crippen MR) is 78.7 cm³/mol. The van der Waals surface area contributed by atoms with Gasteiger partial charge in [0.15, 0.2) is 5.96 Å². The molecule has 1 aromatic rings. The molecule has 0 fully saturated rings. The number of nitrogens with zero attached hydrogens (tertiary/aromatic N) is 2. The monoisotopic (exact) mass is 247 g/mol. The van der Waals surface area contributed by atoms with Crippen molar-refractivity contribution in [3.63, 3.8) is 0 Å². The van der Waals surface area contributed by atoms with Crippen LogP contribution in [0.25, 0.3) is 0 Å². The number of nitrogens with one attached hydrogen (secondary N) is 1. The van der Waals surface area contributed by atoms with Gasteiger partial charge in [0.1, 0.15) is 0 Å². The highest BCUT2D eigenvalue weighted by Gasteiger charge is 2.06. The van der Waals surface area contributed by atoms with Crippen LogP contribution in [-0.4, -0.2) is 31.0 Å². The third kappa shape index (κ3) is 5.21. The summed E-state index contributed by atoms with van der Waals surface area (Å²) in [4.78, 5) is 6.81. The number of hydrogen-bond acceptors (Lipinski definition) is 1. The Kier molecular flexibility index (Phi) is 6.26. The molecule has 0 unspecified atom stereocenters. The van der Waals surface area contributed by atoms with E-state index < -0.39 is 0 Å². The Balaban J connectivity index is 2.64. The van der Waals surface area contributed by atoms with Crippen LogP contribution < -0.4 is 5.32 Å². The first kappa shape index (κ1) is 14.6. The lowest BCUT2D eigenvalue weighted by Crippen LogP contribution is -2.38. The highest BCUT2D eigenvalue weighted by Crippen LogP contribution is 2.03. The maximum Gasteiger partial charge on any atom is 0.193 e. The standard InChI is InChI=1S/C15H25N3/c1-5-16-15(17-11-13(2)3)18(4)12-14-9-7-6-8-10-14/h6-10,13H,5,11-12H2,1-4H3,(H,16,17). The van der Waals surface area contributed by atoms with E-state index in [-0.39, 0.29) is 0 Å². The normalized spacial score (nSPS) is 11.7. The lowest BCUT2D eigenvalue weighted by molar-refractivity contribution is 0.474. The molecule has 18 heavy (non-hydrogen) atoms. The average molecular weight is 247 g/mol. The maximum absolute atomic E-state index is 4.64. The van der Waals surface area contributed by atoms with Crippen molar-refractivity contribution < 1.29 is 0 Å². The van der Waals surface area contributed by atoms with Crippen molar-refractivity contribution in [3.05, 3.63) is 35.9 Å². The van der Waals surface area contributed by atoms with E-state index in [1.54, 1.807) is 0 Å². The van der Waals surface area contributed by atoms with Crippen molar-refractivity contribution >= 4 is 5.96 Å². The van der Waals surface area contributed by atoms with E-state index in [9.17, 15) is 0 Å². The second-order valence-electron chi connectivity index (χ2n) is 4.93. The predicted octanol–water partition coefficient (Wildman–Crippen LogP) is 2.74. The minimum Gasteiger partial charge on any atom is -0.357 e. The van der Waals surface area contributed by atoms with Gasteiger partial charge in [-0.05, 0) is 18.4 Å². The Hall–Kier alpha value is -1.51. The third-order valence-electron chi connectivity index (χ3n) is 2.57. The molecule has 0 heterocycles. The van der Waals surface area contributed by atoms with Gasteiger partial charge in [-0.3, -0.25) is 4.99 Å². The molecule has 0 aliphatic heterocycles. The Morgan fingerprint density at radius 1 is 1.28 bits per heavy atom. The van der Waals surface area contributed by atoms with Crippen molar-refractivity contribution in [3.8, 4) is 0 Å². The summed E-state index contributed by atoms with van der Waals surface area (Å²) in [6, 6.07) is 10.5. The van der Waals surface area contributed by atoms with Gasteiger partial charge in [-0.25, -0.2) is 0 Å². The van der Waals surface area contributed by atoms with E-state index in [1.165, 1.54) is 5.56 Å². The van der Waals surface area contributed by atoms with Crippen LogP contribution >= 0.6 is 0 Å². The third-order valence-corrected chi connectivity index (χ3v) is 2.57. The van der Waals surface area contributed by atoms with E-state index in [2.05, 4.69) is 67.3 Å². The van der Waals surface area contributed by atoms with Crippen LogP contribution in [0.4, 0.5) is 0 Å². The summed E-state index contributed by atoms with van der Waals surface area (Å²) in [5.74, 6) is 1.57. The van der Waals surface area contributed by atoms with Gasteiger partial charge in [0.2, 0.25) is 0 Å². The van der Waals surface area contributed by atoms with Crippen LogP contribution in [0, 0.1) is 5.92 Å². The van der Waals surface area contributed by atoms with Crippen LogP contribution in [0.15, 0.2) is 35.3 Å². The van der Waals surface area contributed by atoms with Crippen molar-refractivity contribution in [2.75, 3.05) is 20.1 Å².